The van der Waals surface area contributed by atoms with Crippen LogP contribution in [0.3, 0.4) is 0 Å². The van der Waals surface area contributed by atoms with E-state index in [2.05, 4.69) is 3.02 Å². The summed E-state index contributed by atoms with van der Waals surface area (Å²) in [5, 5.41) is 25.1. The molecule has 0 aliphatic rings. The van der Waals surface area contributed by atoms with E-state index in [-0.39, 0.29) is 23.4 Å². The molecule has 0 fully saturated rings. The van der Waals surface area contributed by atoms with Crippen LogP contribution in [-0.4, -0.2) is 62.9 Å². The van der Waals surface area contributed by atoms with Crippen molar-refractivity contribution in [2.75, 3.05) is 0 Å². The number of carboxylic acids is 2. The Labute approximate surface area is 75.8 Å². The fourth-order valence-electron chi connectivity index (χ4n) is 0.397. The Bertz CT molecular complexity index is 168. The van der Waals surface area contributed by atoms with Gasteiger partial charge in [-0.25, -0.2) is 0 Å². The Balaban J connectivity index is 4.25. The van der Waals surface area contributed by atoms with Crippen LogP contribution >= 0.6 is 0 Å². The van der Waals surface area contributed by atoms with Gasteiger partial charge in [-0.3, -0.25) is 0 Å². The molecule has 0 rings (SSSR count). The zero-order chi connectivity index (χ0) is 9.02. The first kappa shape index (κ1) is 10.7. The molecule has 0 aromatic rings. The van der Waals surface area contributed by atoms with Gasteiger partial charge in [0.1, 0.15) is 0 Å². The van der Waals surface area contributed by atoms with E-state index in [1.165, 1.54) is 0 Å². The predicted octanol–water partition coefficient (Wildman–Crippen LogP) is -2.55. The van der Waals surface area contributed by atoms with Crippen LogP contribution in [-0.2, 0) is 12.6 Å². The van der Waals surface area contributed by atoms with Crippen molar-refractivity contribution in [2.45, 2.75) is 12.2 Å². The van der Waals surface area contributed by atoms with Gasteiger partial charge in [-0.1, -0.05) is 0 Å². The van der Waals surface area contributed by atoms with Crippen molar-refractivity contribution in [3.05, 3.63) is 0 Å². The van der Waals surface area contributed by atoms with E-state index >= 15 is 0 Å². The Hall–Kier alpha value is -0.322. The van der Waals surface area contributed by atoms with Crippen molar-refractivity contribution in [1.29, 1.82) is 0 Å². The number of carboxylic acid groups (broad SMARTS) is 2. The van der Waals surface area contributed by atoms with Crippen molar-refractivity contribution in [2.24, 2.45) is 0 Å². The second-order valence-electron chi connectivity index (χ2n) is 1.68. The number of hydrogen-bond acceptors (Lipinski definition) is 4. The summed E-state index contributed by atoms with van der Waals surface area (Å²) in [6, 6.07) is 0. The van der Waals surface area contributed by atoms with E-state index in [1.807, 2.05) is 0 Å². The SMILES string of the molecule is O=C(O)C(O)C([O][SbH2])C(=O)O. The average molecular weight is 273 g/mol. The molecule has 0 aliphatic carbocycles. The first-order chi connectivity index (χ1) is 5.00. The number of aliphatic hydroxyl groups is 1. The van der Waals surface area contributed by atoms with E-state index in [0.717, 1.165) is 0 Å². The molecule has 0 bridgehead atoms. The molecular formula is C4H7O6Sb. The van der Waals surface area contributed by atoms with Crippen LogP contribution in [0.15, 0.2) is 0 Å². The zero-order valence-electron chi connectivity index (χ0n) is 5.30. The zero-order valence-corrected chi connectivity index (χ0v) is 8.59. The summed E-state index contributed by atoms with van der Waals surface area (Å²) in [6.07, 6.45) is -3.66. The van der Waals surface area contributed by atoms with Crippen molar-refractivity contribution in [3.8, 4) is 0 Å². The van der Waals surface area contributed by atoms with Crippen LogP contribution in [0.5, 0.6) is 0 Å². The minimum absolute atomic E-state index is 0.120. The molecule has 64 valence electrons. The Kier molecular flexibility index (Phi) is 4.40. The molecule has 7 heteroatoms. The second kappa shape index (κ2) is 4.53. The Morgan fingerprint density at radius 2 is 1.73 bits per heavy atom. The van der Waals surface area contributed by atoms with Gasteiger partial charge in [0.15, 0.2) is 0 Å². The first-order valence-corrected chi connectivity index (χ1v) is 3.84. The number of hydrogen-bond donors (Lipinski definition) is 3. The van der Waals surface area contributed by atoms with Gasteiger partial charge in [0, 0.05) is 0 Å². The van der Waals surface area contributed by atoms with Gasteiger partial charge in [-0.15, -0.1) is 0 Å². The number of rotatable bonds is 4. The summed E-state index contributed by atoms with van der Waals surface area (Å²) in [5.74, 6) is -3.08. The van der Waals surface area contributed by atoms with Crippen LogP contribution in [0.1, 0.15) is 0 Å². The number of aliphatic carboxylic acids is 2. The molecule has 0 amide bonds. The van der Waals surface area contributed by atoms with Crippen LogP contribution in [0.2, 0.25) is 0 Å². The Morgan fingerprint density at radius 1 is 1.27 bits per heavy atom. The maximum absolute atomic E-state index is 10.1. The van der Waals surface area contributed by atoms with E-state index in [0.29, 0.717) is 0 Å². The van der Waals surface area contributed by atoms with Crippen molar-refractivity contribution < 1.29 is 27.9 Å². The van der Waals surface area contributed by atoms with Gasteiger partial charge < -0.3 is 0 Å². The monoisotopic (exact) mass is 272 g/mol. The van der Waals surface area contributed by atoms with Gasteiger partial charge in [0.2, 0.25) is 0 Å². The summed E-state index contributed by atoms with van der Waals surface area (Å²) in [5.41, 5.74) is 0. The molecule has 0 saturated carbocycles. The van der Waals surface area contributed by atoms with Gasteiger partial charge >= 0.3 is 75.5 Å². The standard InChI is InChI=1S/C4H5O6.Sb.2H/c5-1(3(7)8)2(6)4(9)10;;;/h1-2,5H,(H,7,8)(H,9,10);;;/q-1;+1;;. The maximum atomic E-state index is 10.1. The van der Waals surface area contributed by atoms with Gasteiger partial charge in [-0.2, -0.15) is 0 Å². The molecule has 0 heterocycles. The summed E-state index contributed by atoms with van der Waals surface area (Å²) in [6.45, 7) is 0. The molecular weight excluding hydrogens is 266 g/mol. The van der Waals surface area contributed by atoms with Crippen LogP contribution in [0.4, 0.5) is 0 Å². The first-order valence-electron chi connectivity index (χ1n) is 2.50. The summed E-state index contributed by atoms with van der Waals surface area (Å²) in [7, 11) is 0. The van der Waals surface area contributed by atoms with E-state index in [4.69, 9.17) is 15.3 Å². The van der Waals surface area contributed by atoms with E-state index in [9.17, 15) is 9.59 Å². The topological polar surface area (TPSA) is 104 Å². The normalized spacial score (nSPS) is 15.5. The molecule has 3 N–H and O–H groups in total. The molecule has 0 aromatic carbocycles. The molecule has 0 aromatic heterocycles. The van der Waals surface area contributed by atoms with Crippen molar-refractivity contribution in [1.82, 2.24) is 0 Å². The predicted molar refractivity (Wildman–Crippen MR) is 34.7 cm³/mol. The van der Waals surface area contributed by atoms with Gasteiger partial charge in [0.05, 0.1) is 0 Å². The Morgan fingerprint density at radius 3 is 1.82 bits per heavy atom. The molecule has 0 spiro atoms. The van der Waals surface area contributed by atoms with Gasteiger partial charge in [-0.05, 0) is 0 Å². The fourth-order valence-corrected chi connectivity index (χ4v) is 1.15. The van der Waals surface area contributed by atoms with Crippen molar-refractivity contribution in [3.63, 3.8) is 0 Å². The molecule has 2 atom stereocenters. The molecule has 0 aliphatic heterocycles. The third-order valence-corrected chi connectivity index (χ3v) is 1.77. The third kappa shape index (κ3) is 3.05. The molecule has 2 unspecified atom stereocenters. The van der Waals surface area contributed by atoms with E-state index in [1.54, 1.807) is 0 Å². The quantitative estimate of drug-likeness (QED) is 0.487. The number of carbonyl (C=O) groups is 2. The molecule has 11 heavy (non-hydrogen) atoms. The number of aliphatic hydroxyl groups excluding tert-OH is 1. The summed E-state index contributed by atoms with van der Waals surface area (Å²) < 4.78 is 4.33. The second-order valence-corrected chi connectivity index (χ2v) is 2.45. The average Bonchev–Trinajstić information content (AvgIpc) is 1.88. The van der Waals surface area contributed by atoms with Gasteiger partial charge in [0.25, 0.3) is 0 Å². The summed E-state index contributed by atoms with van der Waals surface area (Å²) >= 11 is 0.120. The fraction of sp³-hybridized carbons (Fsp3) is 0.500. The molecule has 6 nitrogen and oxygen atoms in total. The van der Waals surface area contributed by atoms with E-state index < -0.39 is 24.1 Å². The molecule has 0 saturated heterocycles. The van der Waals surface area contributed by atoms with Crippen LogP contribution in [0, 0.1) is 0 Å². The van der Waals surface area contributed by atoms with Crippen LogP contribution < -0.4 is 0 Å². The summed E-state index contributed by atoms with van der Waals surface area (Å²) in [4.78, 5) is 20.2. The molecule has 0 radical (unpaired) electrons. The third-order valence-electron chi connectivity index (χ3n) is 0.930. The van der Waals surface area contributed by atoms with Crippen LogP contribution in [0.25, 0.3) is 0 Å². The van der Waals surface area contributed by atoms with Crippen molar-refractivity contribution >= 4 is 35.4 Å². The minimum atomic E-state index is -2.00.